The molecule has 0 saturated carbocycles. The number of piperidine rings is 1. The maximum Gasteiger partial charge on any atom is 0.251 e. The van der Waals surface area contributed by atoms with Crippen molar-refractivity contribution in [3.05, 3.63) is 23.4 Å². The molecule has 0 aliphatic carbocycles. The van der Waals surface area contributed by atoms with Crippen molar-refractivity contribution in [2.75, 3.05) is 25.4 Å². The fourth-order valence-corrected chi connectivity index (χ4v) is 2.66. The van der Waals surface area contributed by atoms with Gasteiger partial charge >= 0.3 is 0 Å². The van der Waals surface area contributed by atoms with E-state index in [4.69, 9.17) is 5.73 Å². The summed E-state index contributed by atoms with van der Waals surface area (Å²) in [6, 6.07) is 3.75. The van der Waals surface area contributed by atoms with Gasteiger partial charge < -0.3 is 11.1 Å². The Kier molecular flexibility index (Phi) is 4.95. The van der Waals surface area contributed by atoms with E-state index in [9.17, 15) is 4.79 Å². The molecule has 1 atom stereocenters. The van der Waals surface area contributed by atoms with Gasteiger partial charge in [0.2, 0.25) is 0 Å². The first kappa shape index (κ1) is 14.8. The van der Waals surface area contributed by atoms with E-state index in [0.717, 1.165) is 18.8 Å². The highest BCUT2D eigenvalue weighted by Gasteiger charge is 2.17. The smallest absolute Gasteiger partial charge is 0.251 e. The van der Waals surface area contributed by atoms with Crippen LogP contribution < -0.4 is 11.1 Å². The molecule has 0 aromatic carbocycles. The average Bonchev–Trinajstić information content (AvgIpc) is 2.44. The lowest BCUT2D eigenvalue weighted by atomic mass is 10.1. The van der Waals surface area contributed by atoms with Crippen molar-refractivity contribution in [3.63, 3.8) is 0 Å². The van der Waals surface area contributed by atoms with Gasteiger partial charge in [-0.2, -0.15) is 0 Å². The molecule has 2 heterocycles. The van der Waals surface area contributed by atoms with Crippen molar-refractivity contribution in [2.45, 2.75) is 39.2 Å². The van der Waals surface area contributed by atoms with Crippen LogP contribution in [0.1, 0.15) is 42.2 Å². The predicted octanol–water partition coefficient (Wildman–Crippen LogP) is 1.58. The summed E-state index contributed by atoms with van der Waals surface area (Å²) in [5.74, 6) is 0.310. The fraction of sp³-hybridized carbons (Fsp3) is 0.600. The largest absolute Gasteiger partial charge is 0.384 e. The number of amides is 1. The van der Waals surface area contributed by atoms with Gasteiger partial charge in [-0.3, -0.25) is 9.69 Å². The monoisotopic (exact) mass is 276 g/mol. The standard InChI is InChI=1S/C15H24N4O/c1-11-8-13(9-14(16)18-11)15(20)17-10-12(2)19-6-4-3-5-7-19/h8-9,12H,3-7,10H2,1-2H3,(H2,16,18)(H,17,20). The minimum absolute atomic E-state index is 0.0777. The predicted molar refractivity (Wildman–Crippen MR) is 80.6 cm³/mol. The average molecular weight is 276 g/mol. The number of nitrogens with zero attached hydrogens (tertiary/aromatic N) is 2. The van der Waals surface area contributed by atoms with Gasteiger partial charge in [-0.25, -0.2) is 4.98 Å². The van der Waals surface area contributed by atoms with Crippen LogP contribution in [0, 0.1) is 6.92 Å². The lowest BCUT2D eigenvalue weighted by Crippen LogP contribution is -2.44. The van der Waals surface area contributed by atoms with Crippen LogP contribution in [0.2, 0.25) is 0 Å². The molecule has 1 fully saturated rings. The Morgan fingerprint density at radius 1 is 1.40 bits per heavy atom. The maximum atomic E-state index is 12.1. The second kappa shape index (κ2) is 6.70. The summed E-state index contributed by atoms with van der Waals surface area (Å²) < 4.78 is 0. The molecule has 2 rings (SSSR count). The van der Waals surface area contributed by atoms with Crippen molar-refractivity contribution in [3.8, 4) is 0 Å². The van der Waals surface area contributed by atoms with Crippen LogP contribution in [0.15, 0.2) is 12.1 Å². The van der Waals surface area contributed by atoms with Crippen LogP contribution in [0.4, 0.5) is 5.82 Å². The Balaban J connectivity index is 1.87. The molecular formula is C15H24N4O. The second-order valence-electron chi connectivity index (χ2n) is 5.58. The van der Waals surface area contributed by atoms with Crippen molar-refractivity contribution < 1.29 is 4.79 Å². The first-order chi connectivity index (χ1) is 9.56. The Hall–Kier alpha value is -1.62. The minimum atomic E-state index is -0.0777. The Bertz CT molecular complexity index is 449. The molecule has 1 aromatic heterocycles. The molecule has 5 nitrogen and oxygen atoms in total. The van der Waals surface area contributed by atoms with Crippen molar-refractivity contribution in [1.29, 1.82) is 0 Å². The molecule has 0 radical (unpaired) electrons. The zero-order valence-electron chi connectivity index (χ0n) is 12.4. The number of anilines is 1. The molecule has 3 N–H and O–H groups in total. The molecule has 110 valence electrons. The van der Waals surface area contributed by atoms with E-state index in [-0.39, 0.29) is 5.91 Å². The van der Waals surface area contributed by atoms with Gasteiger partial charge in [0, 0.05) is 23.8 Å². The number of aryl methyl sites for hydroxylation is 1. The summed E-state index contributed by atoms with van der Waals surface area (Å²) in [5.41, 5.74) is 7.02. The number of hydrogen-bond donors (Lipinski definition) is 2. The number of carbonyl (C=O) groups excluding carboxylic acids is 1. The van der Waals surface area contributed by atoms with E-state index >= 15 is 0 Å². The number of rotatable bonds is 4. The van der Waals surface area contributed by atoms with Crippen LogP contribution in [0.25, 0.3) is 0 Å². The summed E-state index contributed by atoms with van der Waals surface area (Å²) >= 11 is 0. The quantitative estimate of drug-likeness (QED) is 0.876. The zero-order chi connectivity index (χ0) is 14.5. The number of carbonyl (C=O) groups is 1. The van der Waals surface area contributed by atoms with Gasteiger partial charge in [-0.05, 0) is 51.9 Å². The SMILES string of the molecule is Cc1cc(C(=O)NCC(C)N2CCCCC2)cc(N)n1. The third-order valence-electron chi connectivity index (χ3n) is 3.81. The van der Waals surface area contributed by atoms with Gasteiger partial charge in [0.1, 0.15) is 5.82 Å². The summed E-state index contributed by atoms with van der Waals surface area (Å²) in [4.78, 5) is 18.6. The number of nitrogen functional groups attached to an aromatic ring is 1. The summed E-state index contributed by atoms with van der Waals surface area (Å²) in [5, 5.41) is 2.99. The first-order valence-corrected chi connectivity index (χ1v) is 7.32. The minimum Gasteiger partial charge on any atom is -0.384 e. The van der Waals surface area contributed by atoms with Gasteiger partial charge in [0.05, 0.1) is 0 Å². The molecule has 5 heteroatoms. The molecule has 0 bridgehead atoms. The van der Waals surface area contributed by atoms with E-state index in [1.54, 1.807) is 12.1 Å². The Morgan fingerprint density at radius 2 is 2.10 bits per heavy atom. The lowest BCUT2D eigenvalue weighted by Gasteiger charge is -2.32. The van der Waals surface area contributed by atoms with Crippen LogP contribution in [-0.2, 0) is 0 Å². The summed E-state index contributed by atoms with van der Waals surface area (Å²) in [6.45, 7) is 6.94. The third kappa shape index (κ3) is 3.93. The van der Waals surface area contributed by atoms with Gasteiger partial charge in [0.15, 0.2) is 0 Å². The van der Waals surface area contributed by atoms with Gasteiger partial charge in [0.25, 0.3) is 5.91 Å². The van der Waals surface area contributed by atoms with E-state index in [1.807, 2.05) is 6.92 Å². The second-order valence-corrected chi connectivity index (χ2v) is 5.58. The van der Waals surface area contributed by atoms with E-state index in [1.165, 1.54) is 19.3 Å². The molecule has 20 heavy (non-hydrogen) atoms. The normalized spacial score (nSPS) is 17.7. The van der Waals surface area contributed by atoms with Crippen molar-refractivity contribution >= 4 is 11.7 Å². The molecular weight excluding hydrogens is 252 g/mol. The van der Waals surface area contributed by atoms with Gasteiger partial charge in [-0.1, -0.05) is 6.42 Å². The molecule has 1 amide bonds. The molecule has 1 aliphatic rings. The molecule has 1 unspecified atom stereocenters. The van der Waals surface area contributed by atoms with Crippen molar-refractivity contribution in [1.82, 2.24) is 15.2 Å². The van der Waals surface area contributed by atoms with Crippen LogP contribution >= 0.6 is 0 Å². The first-order valence-electron chi connectivity index (χ1n) is 7.32. The molecule has 1 saturated heterocycles. The Morgan fingerprint density at radius 3 is 2.75 bits per heavy atom. The number of nitrogens with two attached hydrogens (primary N) is 1. The highest BCUT2D eigenvalue weighted by Crippen LogP contribution is 2.12. The zero-order valence-corrected chi connectivity index (χ0v) is 12.4. The fourth-order valence-electron chi connectivity index (χ4n) is 2.66. The summed E-state index contributed by atoms with van der Waals surface area (Å²) in [6.07, 6.45) is 3.85. The van der Waals surface area contributed by atoms with Crippen LogP contribution in [-0.4, -0.2) is 41.5 Å². The maximum absolute atomic E-state index is 12.1. The number of likely N-dealkylation sites (tertiary alicyclic amines) is 1. The number of aromatic nitrogens is 1. The third-order valence-corrected chi connectivity index (χ3v) is 3.81. The van der Waals surface area contributed by atoms with Crippen molar-refractivity contribution in [2.24, 2.45) is 0 Å². The van der Waals surface area contributed by atoms with Crippen LogP contribution in [0.5, 0.6) is 0 Å². The van der Waals surface area contributed by atoms with Crippen LogP contribution in [0.3, 0.4) is 0 Å². The lowest BCUT2D eigenvalue weighted by molar-refractivity contribution is 0.0930. The molecule has 1 aliphatic heterocycles. The molecule has 0 spiro atoms. The topological polar surface area (TPSA) is 71.2 Å². The molecule has 1 aromatic rings. The highest BCUT2D eigenvalue weighted by atomic mass is 16.1. The highest BCUT2D eigenvalue weighted by molar-refractivity contribution is 5.94. The number of pyridine rings is 1. The Labute approximate surface area is 120 Å². The van der Waals surface area contributed by atoms with E-state index in [0.29, 0.717) is 24.0 Å². The summed E-state index contributed by atoms with van der Waals surface area (Å²) in [7, 11) is 0. The van der Waals surface area contributed by atoms with E-state index in [2.05, 4.69) is 22.1 Å². The number of hydrogen-bond acceptors (Lipinski definition) is 4. The van der Waals surface area contributed by atoms with Gasteiger partial charge in [-0.15, -0.1) is 0 Å². The van der Waals surface area contributed by atoms with E-state index < -0.39 is 0 Å². The number of nitrogens with one attached hydrogen (secondary N) is 1.